The van der Waals surface area contributed by atoms with Crippen LogP contribution >= 0.6 is 27.5 Å². The Morgan fingerprint density at radius 3 is 3.08 bits per heavy atom. The number of benzene rings is 1. The van der Waals surface area contributed by atoms with Gasteiger partial charge >= 0.3 is 0 Å². The van der Waals surface area contributed by atoms with E-state index in [-0.39, 0.29) is 0 Å². The summed E-state index contributed by atoms with van der Waals surface area (Å²) in [5.41, 5.74) is 0.684. The molecule has 0 saturated heterocycles. The average Bonchev–Trinajstić information content (AvgIpc) is 2.41. The van der Waals surface area contributed by atoms with Gasteiger partial charge in [-0.25, -0.2) is 0 Å². The highest BCUT2D eigenvalue weighted by Crippen LogP contribution is 2.27. The van der Waals surface area contributed by atoms with Gasteiger partial charge in [-0.05, 0) is 33.0 Å². The summed E-state index contributed by atoms with van der Waals surface area (Å²) in [5.74, 6) is 0. The molecule has 0 aliphatic rings. The van der Waals surface area contributed by atoms with Gasteiger partial charge in [0.15, 0.2) is 0 Å². The van der Waals surface area contributed by atoms with E-state index in [2.05, 4.69) is 25.7 Å². The molecular formula is C6H2BrClN2O2. The summed E-state index contributed by atoms with van der Waals surface area (Å²) in [6, 6.07) is 3.24. The first-order valence-electron chi connectivity index (χ1n) is 3.03. The topological polar surface area (TPSA) is 53.0 Å². The molecule has 62 valence electrons. The lowest BCUT2D eigenvalue weighted by Crippen LogP contribution is -2.22. The van der Waals surface area contributed by atoms with Crippen LogP contribution in [0.2, 0.25) is 5.02 Å². The van der Waals surface area contributed by atoms with E-state index in [4.69, 9.17) is 11.6 Å². The minimum Gasteiger partial charge on any atom is -0.359 e. The largest absolute Gasteiger partial charge is 0.359 e. The summed E-state index contributed by atoms with van der Waals surface area (Å²) in [7, 11) is 0. The first kappa shape index (κ1) is 7.82. The minimum absolute atomic E-state index is 0.313. The number of nitrogens with zero attached hydrogens (tertiary/aromatic N) is 2. The number of hydrogen-bond acceptors (Lipinski definition) is 3. The molecule has 0 atom stereocenters. The van der Waals surface area contributed by atoms with Crippen LogP contribution in [0.5, 0.6) is 0 Å². The SMILES string of the molecule is [O-][n+]1onc2c(Cl)c(Br)ccc21. The Labute approximate surface area is 80.4 Å². The summed E-state index contributed by atoms with van der Waals surface area (Å²) in [5, 5.41) is 14.7. The molecule has 0 bridgehead atoms. The van der Waals surface area contributed by atoms with Crippen LogP contribution < -0.4 is 4.90 Å². The number of hydrogen-bond donors (Lipinski definition) is 0. The third-order valence-electron chi connectivity index (χ3n) is 1.45. The van der Waals surface area contributed by atoms with Crippen molar-refractivity contribution >= 4 is 38.6 Å². The van der Waals surface area contributed by atoms with Crippen molar-refractivity contribution in [3.05, 3.63) is 26.8 Å². The van der Waals surface area contributed by atoms with E-state index in [9.17, 15) is 5.21 Å². The summed E-state index contributed by atoms with van der Waals surface area (Å²) < 4.78 is 5.04. The normalized spacial score (nSPS) is 10.8. The minimum atomic E-state index is 0.313. The van der Waals surface area contributed by atoms with Crippen molar-refractivity contribution in [2.45, 2.75) is 0 Å². The molecule has 2 aromatic rings. The predicted octanol–water partition coefficient (Wildman–Crippen LogP) is 1.88. The second kappa shape index (κ2) is 2.60. The molecule has 12 heavy (non-hydrogen) atoms. The van der Waals surface area contributed by atoms with Gasteiger partial charge in [0.05, 0.1) is 0 Å². The Bertz CT molecular complexity index is 442. The van der Waals surface area contributed by atoms with Crippen LogP contribution in [0, 0.1) is 5.21 Å². The molecule has 0 N–H and O–H groups in total. The van der Waals surface area contributed by atoms with Gasteiger partial charge in [0.25, 0.3) is 5.52 Å². The van der Waals surface area contributed by atoms with Crippen LogP contribution in [0.1, 0.15) is 0 Å². The van der Waals surface area contributed by atoms with E-state index in [1.54, 1.807) is 12.1 Å². The van der Waals surface area contributed by atoms with Crippen molar-refractivity contribution in [1.82, 2.24) is 5.16 Å². The number of rotatable bonds is 0. The molecule has 0 saturated carbocycles. The van der Waals surface area contributed by atoms with E-state index in [0.717, 1.165) is 0 Å². The van der Waals surface area contributed by atoms with Crippen molar-refractivity contribution < 1.29 is 9.53 Å². The number of halogens is 2. The van der Waals surface area contributed by atoms with Gasteiger partial charge in [0.2, 0.25) is 5.52 Å². The van der Waals surface area contributed by atoms with Gasteiger partial charge < -0.3 is 5.21 Å². The smallest absolute Gasteiger partial charge is 0.268 e. The van der Waals surface area contributed by atoms with Gasteiger partial charge in [-0.3, -0.25) is 4.63 Å². The molecule has 6 heteroatoms. The molecule has 0 amide bonds. The molecule has 1 aromatic carbocycles. The van der Waals surface area contributed by atoms with Crippen molar-refractivity contribution in [3.63, 3.8) is 0 Å². The summed E-state index contributed by atoms with van der Waals surface area (Å²) in [6.07, 6.45) is 0. The number of aromatic nitrogens is 2. The molecule has 2 rings (SSSR count). The molecule has 0 fully saturated rings. The molecule has 4 nitrogen and oxygen atoms in total. The third kappa shape index (κ3) is 0.971. The average molecular weight is 249 g/mol. The highest BCUT2D eigenvalue weighted by Gasteiger charge is 2.14. The lowest BCUT2D eigenvalue weighted by atomic mass is 10.3. The predicted molar refractivity (Wildman–Crippen MR) is 45.7 cm³/mol. The van der Waals surface area contributed by atoms with E-state index < -0.39 is 0 Å². The fourth-order valence-corrected chi connectivity index (χ4v) is 1.40. The second-order valence-corrected chi connectivity index (χ2v) is 3.39. The van der Waals surface area contributed by atoms with Crippen LogP contribution in [-0.4, -0.2) is 5.16 Å². The Hall–Kier alpha value is -0.810. The van der Waals surface area contributed by atoms with Crippen LogP contribution in [0.25, 0.3) is 11.0 Å². The monoisotopic (exact) mass is 248 g/mol. The maximum Gasteiger partial charge on any atom is 0.268 e. The molecule has 0 aliphatic carbocycles. The quantitative estimate of drug-likeness (QED) is 0.670. The lowest BCUT2D eigenvalue weighted by Gasteiger charge is -1.90. The van der Waals surface area contributed by atoms with Gasteiger partial charge in [-0.2, -0.15) is 0 Å². The molecule has 1 heterocycles. The zero-order valence-electron chi connectivity index (χ0n) is 5.62. The van der Waals surface area contributed by atoms with Crippen molar-refractivity contribution in [2.24, 2.45) is 0 Å². The second-order valence-electron chi connectivity index (χ2n) is 2.16. The van der Waals surface area contributed by atoms with Crippen molar-refractivity contribution in [2.75, 3.05) is 0 Å². The van der Waals surface area contributed by atoms with E-state index in [0.29, 0.717) is 25.4 Å². The Morgan fingerprint density at radius 1 is 1.58 bits per heavy atom. The molecule has 0 aliphatic heterocycles. The van der Waals surface area contributed by atoms with E-state index >= 15 is 0 Å². The van der Waals surface area contributed by atoms with Gasteiger partial charge in [-0.1, -0.05) is 11.6 Å². The molecular weight excluding hydrogens is 247 g/mol. The van der Waals surface area contributed by atoms with Gasteiger partial charge in [0, 0.05) is 9.63 Å². The van der Waals surface area contributed by atoms with Crippen LogP contribution in [0.3, 0.4) is 0 Å². The fraction of sp³-hybridized carbons (Fsp3) is 0. The Morgan fingerprint density at radius 2 is 2.33 bits per heavy atom. The van der Waals surface area contributed by atoms with Crippen LogP contribution in [-0.2, 0) is 0 Å². The van der Waals surface area contributed by atoms with Crippen LogP contribution in [0.4, 0.5) is 0 Å². The third-order valence-corrected chi connectivity index (χ3v) is 2.72. The van der Waals surface area contributed by atoms with E-state index in [1.807, 2.05) is 0 Å². The van der Waals surface area contributed by atoms with Gasteiger partial charge in [-0.15, -0.1) is 0 Å². The first-order valence-corrected chi connectivity index (χ1v) is 4.20. The van der Waals surface area contributed by atoms with Crippen molar-refractivity contribution in [3.8, 4) is 0 Å². The molecule has 0 radical (unpaired) electrons. The molecule has 0 spiro atoms. The number of fused-ring (bicyclic) bond motifs is 1. The van der Waals surface area contributed by atoms with Crippen molar-refractivity contribution in [1.29, 1.82) is 0 Å². The Kier molecular flexibility index (Phi) is 1.69. The summed E-state index contributed by atoms with van der Waals surface area (Å²) in [4.78, 5) is 0.313. The standard InChI is InChI=1S/C6H2BrClN2O2/c7-3-1-2-4-6(5(3)8)9-12-10(4)11/h1-2H. The van der Waals surface area contributed by atoms with Crippen LogP contribution in [0.15, 0.2) is 21.2 Å². The van der Waals surface area contributed by atoms with Gasteiger partial charge in [0.1, 0.15) is 5.02 Å². The Balaban J connectivity index is 2.93. The zero-order valence-corrected chi connectivity index (χ0v) is 7.96. The maximum absolute atomic E-state index is 10.9. The highest BCUT2D eigenvalue weighted by atomic mass is 79.9. The van der Waals surface area contributed by atoms with E-state index in [1.165, 1.54) is 0 Å². The zero-order chi connectivity index (χ0) is 8.72. The molecule has 0 unspecified atom stereocenters. The molecule has 1 aromatic heterocycles. The summed E-state index contributed by atoms with van der Waals surface area (Å²) in [6.45, 7) is 0. The summed E-state index contributed by atoms with van der Waals surface area (Å²) >= 11 is 9.02. The fourth-order valence-electron chi connectivity index (χ4n) is 0.886. The first-order chi connectivity index (χ1) is 5.70. The highest BCUT2D eigenvalue weighted by molar-refractivity contribution is 9.10. The maximum atomic E-state index is 10.9. The lowest BCUT2D eigenvalue weighted by molar-refractivity contribution is -0.782.